The molecule has 12 rings (SSSR count). The maximum absolute atomic E-state index is 13.5. The molecule has 462 valence electrons. The number of imidazole rings is 2. The number of ether oxygens (including phenoxy) is 1. The lowest BCUT2D eigenvalue weighted by atomic mass is 9.82. The summed E-state index contributed by atoms with van der Waals surface area (Å²) in [4.78, 5) is 59.6. The number of aryl methyl sites for hydroxylation is 2. The average molecular weight is 1320 g/mol. The number of hydrogen-bond acceptors (Lipinski definition) is 19. The van der Waals surface area contributed by atoms with E-state index in [0.717, 1.165) is 81.8 Å². The van der Waals surface area contributed by atoms with Crippen molar-refractivity contribution in [2.45, 2.75) is 59.8 Å². The summed E-state index contributed by atoms with van der Waals surface area (Å²) in [7, 11) is 3.58. The van der Waals surface area contributed by atoms with Gasteiger partial charge in [-0.2, -0.15) is 10.5 Å². The Hall–Kier alpha value is -9.18. The zero-order valence-corrected chi connectivity index (χ0v) is 52.3. The summed E-state index contributed by atoms with van der Waals surface area (Å²) in [5.41, 5.74) is 7.74. The quantitative estimate of drug-likeness (QED) is 0.0676. The number of aromatic nitrogens is 8. The molecule has 26 heteroatoms. The smallest absolute Gasteiger partial charge is 0.481 e. The highest BCUT2D eigenvalue weighted by Gasteiger charge is 2.29. The number of benzene rings is 2. The van der Waals surface area contributed by atoms with Crippen molar-refractivity contribution in [1.82, 2.24) is 38.7 Å². The van der Waals surface area contributed by atoms with E-state index < -0.39 is 13.1 Å². The van der Waals surface area contributed by atoms with Crippen LogP contribution in [0, 0.1) is 46.1 Å². The molecule has 2 saturated heterocycles. The summed E-state index contributed by atoms with van der Waals surface area (Å²) in [6.07, 6.45) is 11.6. The monoisotopic (exact) mass is 1320 g/mol. The van der Waals surface area contributed by atoms with Gasteiger partial charge in [0.15, 0.2) is 10.3 Å². The first kappa shape index (κ1) is 65.3. The number of piperidine rings is 2. The van der Waals surface area contributed by atoms with Crippen molar-refractivity contribution in [2.75, 3.05) is 67.0 Å². The maximum atomic E-state index is 13.5. The van der Waals surface area contributed by atoms with Gasteiger partial charge in [0.2, 0.25) is 0 Å². The van der Waals surface area contributed by atoms with Gasteiger partial charge in [-0.3, -0.25) is 18.4 Å². The summed E-state index contributed by atoms with van der Waals surface area (Å²) < 4.78 is 36.3. The standard InChI is InChI=1S/C31H28FN7O2S.C20H17BFN5O2S.C12H15BrN2O2.CH4/c1-3-24-29(37(2)31-36-28(25(16-33)42-31)19-4-8-23(32)9-5-19)39-18-22(7-11-27(39)35-24)21-6-10-26(34-17-21)38-14-12-20(13-15-38)30(40)41;1-3-15-19(27-11-13(21(28)29)6-9-17(27)24-15)26(2)20-25-18(16(10-23)30-20)12-4-7-14(22)8-5-12;1-17-12(16)9-4-6-15(7-5-9)11-3-2-10(13)8-14-11;/h4-11,17-18,20H,3,12-15H2,1-2H3,(H,40,41);4-9,11,28-29H,3H2,1-2H3;2-3,8-9H,4-7H2,1H3;1H4. The Kier molecular flexibility index (Phi) is 21.0. The van der Waals surface area contributed by atoms with Gasteiger partial charge in [-0.1, -0.05) is 50.0 Å². The highest BCUT2D eigenvalue weighted by Crippen LogP contribution is 2.39. The number of rotatable bonds is 14. The molecule has 8 aromatic heterocycles. The van der Waals surface area contributed by atoms with Crippen LogP contribution < -0.4 is 25.1 Å². The van der Waals surface area contributed by atoms with Crippen LogP contribution in [0.1, 0.15) is 68.1 Å². The van der Waals surface area contributed by atoms with Crippen LogP contribution in [0.4, 0.5) is 42.3 Å². The van der Waals surface area contributed by atoms with Gasteiger partial charge in [-0.15, -0.1) is 0 Å². The van der Waals surface area contributed by atoms with Crippen LogP contribution in [0.5, 0.6) is 0 Å². The third-order valence-electron chi connectivity index (χ3n) is 15.5. The van der Waals surface area contributed by atoms with Crippen molar-refractivity contribution in [2.24, 2.45) is 11.8 Å². The summed E-state index contributed by atoms with van der Waals surface area (Å²) in [6, 6.07) is 31.5. The summed E-state index contributed by atoms with van der Waals surface area (Å²) in [6.45, 7) is 7.09. The van der Waals surface area contributed by atoms with E-state index in [-0.39, 0.29) is 36.9 Å². The molecule has 10 aromatic rings. The zero-order chi connectivity index (χ0) is 63.0. The minimum Gasteiger partial charge on any atom is -0.481 e. The van der Waals surface area contributed by atoms with E-state index in [2.05, 4.69) is 59.7 Å². The maximum Gasteiger partial charge on any atom is 0.489 e. The number of thiazole rings is 2. The Labute approximate surface area is 535 Å². The van der Waals surface area contributed by atoms with Gasteiger partial charge in [-0.05, 0) is 151 Å². The van der Waals surface area contributed by atoms with Crippen LogP contribution in [0.3, 0.4) is 0 Å². The number of carboxylic acid groups (broad SMARTS) is 1. The van der Waals surface area contributed by atoms with Gasteiger partial charge < -0.3 is 39.5 Å². The number of nitriles is 2. The van der Waals surface area contributed by atoms with Crippen LogP contribution in [-0.4, -0.2) is 120 Å². The molecule has 90 heavy (non-hydrogen) atoms. The third kappa shape index (κ3) is 14.3. The highest BCUT2D eigenvalue weighted by atomic mass is 79.9. The first-order valence-corrected chi connectivity index (χ1v) is 31.0. The third-order valence-corrected chi connectivity index (χ3v) is 18.1. The van der Waals surface area contributed by atoms with Crippen molar-refractivity contribution in [3.05, 3.63) is 159 Å². The summed E-state index contributed by atoms with van der Waals surface area (Å²) in [5.74, 6) is 1.63. The zero-order valence-electron chi connectivity index (χ0n) is 49.1. The molecule has 0 amide bonds. The molecule has 0 radical (unpaired) electrons. The number of pyridine rings is 4. The molecule has 2 aliphatic rings. The lowest BCUT2D eigenvalue weighted by Crippen LogP contribution is -2.37. The average Bonchev–Trinajstić information content (AvgIpc) is 2.31. The number of aliphatic carboxylic acids is 1. The lowest BCUT2D eigenvalue weighted by Gasteiger charge is -2.31. The number of hydrogen-bond donors (Lipinski definition) is 3. The molecule has 3 N–H and O–H groups in total. The molecule has 20 nitrogen and oxygen atoms in total. The van der Waals surface area contributed by atoms with E-state index in [9.17, 15) is 44.0 Å². The Morgan fingerprint density at radius 2 is 1.09 bits per heavy atom. The van der Waals surface area contributed by atoms with Crippen LogP contribution in [0.25, 0.3) is 44.9 Å². The molecule has 0 atom stereocenters. The van der Waals surface area contributed by atoms with Crippen molar-refractivity contribution in [3.8, 4) is 45.8 Å². The Morgan fingerprint density at radius 3 is 1.51 bits per heavy atom. The Morgan fingerprint density at radius 1 is 0.644 bits per heavy atom. The number of methoxy groups -OCH3 is 1. The van der Waals surface area contributed by atoms with Gasteiger partial charge in [0.1, 0.15) is 79.5 Å². The predicted molar refractivity (Wildman–Crippen MR) is 351 cm³/mol. The Bertz CT molecular complexity index is 4230. The van der Waals surface area contributed by atoms with Gasteiger partial charge in [0, 0.05) is 91.8 Å². The molecule has 2 fully saturated rings. The fourth-order valence-corrected chi connectivity index (χ4v) is 12.6. The fraction of sp³-hybridized carbons (Fsp3) is 0.281. The molecule has 2 aromatic carbocycles. The van der Waals surface area contributed by atoms with Crippen molar-refractivity contribution >= 4 is 108 Å². The second kappa shape index (κ2) is 29.0. The summed E-state index contributed by atoms with van der Waals surface area (Å²) >= 11 is 5.87. The molecule has 0 bridgehead atoms. The van der Waals surface area contributed by atoms with Crippen LogP contribution in [-0.2, 0) is 27.2 Å². The highest BCUT2D eigenvalue weighted by molar-refractivity contribution is 9.10. The van der Waals surface area contributed by atoms with Gasteiger partial charge >= 0.3 is 19.1 Å². The van der Waals surface area contributed by atoms with E-state index in [1.165, 1.54) is 54.0 Å². The van der Waals surface area contributed by atoms with Crippen LogP contribution in [0.2, 0.25) is 0 Å². The molecule has 0 unspecified atom stereocenters. The summed E-state index contributed by atoms with van der Waals surface area (Å²) in [5, 5.41) is 49.0. The van der Waals surface area contributed by atoms with E-state index in [4.69, 9.17) is 19.7 Å². The molecular formula is C64H64BBrF2N14O6S2. The SMILES string of the molecule is C.CCc1nc2ccc(-c3ccc(N4CCC(C(=O)O)CC4)nc3)cn2c1N(C)c1nc(-c2ccc(F)cc2)c(C#N)s1.CCc1nc2ccc(B(O)O)cn2c1N(C)c1nc(-c2ccc(F)cc2)c(C#N)s1.COC(=O)C1CCN(c2ccc(Br)cn2)CC1. The molecule has 10 heterocycles. The number of carboxylic acids is 1. The number of carbonyl (C=O) groups is 2. The van der Waals surface area contributed by atoms with Crippen LogP contribution in [0.15, 0.2) is 126 Å². The second-order valence-electron chi connectivity index (χ2n) is 21.0. The van der Waals surface area contributed by atoms with Crippen LogP contribution >= 0.6 is 38.6 Å². The van der Waals surface area contributed by atoms with Gasteiger partial charge in [0.05, 0.1) is 30.3 Å². The number of fused-ring (bicyclic) bond motifs is 2. The first-order valence-electron chi connectivity index (χ1n) is 28.6. The van der Waals surface area contributed by atoms with E-state index in [0.29, 0.717) is 92.4 Å². The molecule has 2 aliphatic heterocycles. The number of halogens is 3. The molecule has 0 aliphatic carbocycles. The molecule has 0 spiro atoms. The van der Waals surface area contributed by atoms with Crippen molar-refractivity contribution in [3.63, 3.8) is 0 Å². The minimum absolute atomic E-state index is 0. The fourth-order valence-electron chi connectivity index (χ4n) is 10.7. The second-order valence-corrected chi connectivity index (χ2v) is 23.9. The predicted octanol–water partition coefficient (Wildman–Crippen LogP) is 11.5. The molecular weight excluding hydrogens is 1250 g/mol. The van der Waals surface area contributed by atoms with Crippen molar-refractivity contribution in [1.29, 1.82) is 10.5 Å². The van der Waals surface area contributed by atoms with E-state index >= 15 is 0 Å². The molecule has 0 saturated carbocycles. The number of anilines is 6. The number of esters is 1. The van der Waals surface area contributed by atoms with Crippen molar-refractivity contribution < 1.29 is 38.3 Å². The Balaban J connectivity index is 0.000000174. The first-order chi connectivity index (χ1) is 43.0. The topological polar surface area (TPSA) is 251 Å². The largest absolute Gasteiger partial charge is 0.489 e. The lowest BCUT2D eigenvalue weighted by molar-refractivity contribution is -0.146. The number of carbonyl (C=O) groups excluding carboxylic acids is 1. The number of nitrogens with zero attached hydrogens (tertiary/aromatic N) is 14. The normalized spacial score (nSPS) is 13.3. The van der Waals surface area contributed by atoms with E-state index in [1.807, 2.05) is 84.0 Å². The minimum atomic E-state index is -1.60. The van der Waals surface area contributed by atoms with Gasteiger partial charge in [0.25, 0.3) is 0 Å². The van der Waals surface area contributed by atoms with E-state index in [1.54, 1.807) is 53.2 Å². The van der Waals surface area contributed by atoms with Gasteiger partial charge in [-0.25, -0.2) is 38.7 Å².